The Bertz CT molecular complexity index is 388. The third kappa shape index (κ3) is 1.94. The molecule has 0 bridgehead atoms. The zero-order valence-electron chi connectivity index (χ0n) is 8.89. The van der Waals surface area contributed by atoms with Crippen LogP contribution in [0.5, 0.6) is 17.2 Å². The van der Waals surface area contributed by atoms with E-state index in [4.69, 9.17) is 18.9 Å². The summed E-state index contributed by atoms with van der Waals surface area (Å²) in [5, 5.41) is 0. The SMILES string of the molecule is COCOc1ccc2c(c1C=O)OCCO2. The zero-order valence-corrected chi connectivity index (χ0v) is 8.89. The predicted molar refractivity (Wildman–Crippen MR) is 55.3 cm³/mol. The molecule has 5 heteroatoms. The lowest BCUT2D eigenvalue weighted by Crippen LogP contribution is -2.17. The first-order valence-corrected chi connectivity index (χ1v) is 4.86. The molecule has 0 fully saturated rings. The highest BCUT2D eigenvalue weighted by Gasteiger charge is 2.19. The maximum Gasteiger partial charge on any atom is 0.188 e. The fourth-order valence-corrected chi connectivity index (χ4v) is 1.48. The van der Waals surface area contributed by atoms with Crippen molar-refractivity contribution in [3.8, 4) is 17.2 Å². The highest BCUT2D eigenvalue weighted by molar-refractivity contribution is 5.85. The van der Waals surface area contributed by atoms with Crippen LogP contribution in [0.15, 0.2) is 12.1 Å². The van der Waals surface area contributed by atoms with Crippen LogP contribution in [0.1, 0.15) is 10.4 Å². The Morgan fingerprint density at radius 1 is 1.38 bits per heavy atom. The van der Waals surface area contributed by atoms with E-state index in [-0.39, 0.29) is 6.79 Å². The number of benzene rings is 1. The number of hydrogen-bond acceptors (Lipinski definition) is 5. The zero-order chi connectivity index (χ0) is 11.4. The average Bonchev–Trinajstić information content (AvgIpc) is 2.35. The second-order valence-electron chi connectivity index (χ2n) is 3.17. The molecule has 5 nitrogen and oxygen atoms in total. The van der Waals surface area contributed by atoms with Gasteiger partial charge in [0.25, 0.3) is 0 Å². The van der Waals surface area contributed by atoms with Crippen molar-refractivity contribution in [3.05, 3.63) is 17.7 Å². The van der Waals surface area contributed by atoms with Gasteiger partial charge in [0, 0.05) is 7.11 Å². The van der Waals surface area contributed by atoms with Crippen LogP contribution in [-0.2, 0) is 4.74 Å². The molecule has 0 radical (unpaired) electrons. The number of methoxy groups -OCH3 is 1. The minimum atomic E-state index is 0.0838. The van der Waals surface area contributed by atoms with Crippen molar-refractivity contribution in [1.29, 1.82) is 0 Å². The van der Waals surface area contributed by atoms with Gasteiger partial charge in [0.1, 0.15) is 24.5 Å². The summed E-state index contributed by atoms with van der Waals surface area (Å²) >= 11 is 0. The summed E-state index contributed by atoms with van der Waals surface area (Å²) in [4.78, 5) is 11.0. The second kappa shape index (κ2) is 4.85. The maximum atomic E-state index is 11.0. The fraction of sp³-hybridized carbons (Fsp3) is 0.364. The molecule has 16 heavy (non-hydrogen) atoms. The van der Waals surface area contributed by atoms with Gasteiger partial charge in [-0.3, -0.25) is 4.79 Å². The van der Waals surface area contributed by atoms with Gasteiger partial charge in [-0.15, -0.1) is 0 Å². The van der Waals surface area contributed by atoms with Crippen molar-refractivity contribution >= 4 is 6.29 Å². The highest BCUT2D eigenvalue weighted by atomic mass is 16.7. The molecular weight excluding hydrogens is 212 g/mol. The van der Waals surface area contributed by atoms with E-state index in [1.165, 1.54) is 7.11 Å². The van der Waals surface area contributed by atoms with Crippen LogP contribution in [0, 0.1) is 0 Å². The molecule has 1 aromatic carbocycles. The highest BCUT2D eigenvalue weighted by Crippen LogP contribution is 2.38. The standard InChI is InChI=1S/C11H12O5/c1-13-7-16-9-2-3-10-11(8(9)6-12)15-5-4-14-10/h2-3,6H,4-5,7H2,1H3. The number of aldehydes is 1. The van der Waals surface area contributed by atoms with Crippen LogP contribution >= 0.6 is 0 Å². The smallest absolute Gasteiger partial charge is 0.188 e. The minimum absolute atomic E-state index is 0.0838. The molecule has 0 atom stereocenters. The van der Waals surface area contributed by atoms with Crippen molar-refractivity contribution in [2.24, 2.45) is 0 Å². The molecule has 0 N–H and O–H groups in total. The van der Waals surface area contributed by atoms with E-state index < -0.39 is 0 Å². The van der Waals surface area contributed by atoms with Crippen LogP contribution in [-0.4, -0.2) is 33.4 Å². The lowest BCUT2D eigenvalue weighted by atomic mass is 10.1. The van der Waals surface area contributed by atoms with Gasteiger partial charge < -0.3 is 18.9 Å². The number of fused-ring (bicyclic) bond motifs is 1. The van der Waals surface area contributed by atoms with E-state index in [1.807, 2.05) is 0 Å². The topological polar surface area (TPSA) is 54.0 Å². The van der Waals surface area contributed by atoms with Gasteiger partial charge in [-0.1, -0.05) is 0 Å². The molecule has 1 heterocycles. The van der Waals surface area contributed by atoms with E-state index in [0.29, 0.717) is 42.3 Å². The Labute approximate surface area is 92.9 Å². The summed E-state index contributed by atoms with van der Waals surface area (Å²) in [6.07, 6.45) is 0.693. The summed E-state index contributed by atoms with van der Waals surface area (Å²) in [5.41, 5.74) is 0.356. The predicted octanol–water partition coefficient (Wildman–Crippen LogP) is 1.25. The average molecular weight is 224 g/mol. The molecular formula is C11H12O5. The molecule has 1 aromatic rings. The fourth-order valence-electron chi connectivity index (χ4n) is 1.48. The van der Waals surface area contributed by atoms with Gasteiger partial charge in [0.2, 0.25) is 0 Å². The molecule has 0 saturated heterocycles. The molecule has 2 rings (SSSR count). The Hall–Kier alpha value is -1.75. The van der Waals surface area contributed by atoms with Gasteiger partial charge in [-0.25, -0.2) is 0 Å². The van der Waals surface area contributed by atoms with E-state index in [2.05, 4.69) is 0 Å². The first-order chi connectivity index (χ1) is 7.86. The maximum absolute atomic E-state index is 11.0. The number of hydrogen-bond donors (Lipinski definition) is 0. The van der Waals surface area contributed by atoms with Crippen LogP contribution in [0.3, 0.4) is 0 Å². The number of rotatable bonds is 4. The molecule has 0 spiro atoms. The summed E-state index contributed by atoms with van der Waals surface area (Å²) in [5.74, 6) is 1.44. The van der Waals surface area contributed by atoms with E-state index in [0.717, 1.165) is 0 Å². The molecule has 1 aliphatic rings. The third-order valence-corrected chi connectivity index (χ3v) is 2.16. The summed E-state index contributed by atoms with van der Waals surface area (Å²) in [6, 6.07) is 3.38. The number of carbonyl (C=O) groups excluding carboxylic acids is 1. The van der Waals surface area contributed by atoms with Crippen molar-refractivity contribution in [3.63, 3.8) is 0 Å². The van der Waals surface area contributed by atoms with Crippen molar-refractivity contribution in [2.75, 3.05) is 27.1 Å². The van der Waals surface area contributed by atoms with Gasteiger partial charge in [-0.05, 0) is 12.1 Å². The largest absolute Gasteiger partial charge is 0.486 e. The number of carbonyl (C=O) groups is 1. The first-order valence-electron chi connectivity index (χ1n) is 4.86. The minimum Gasteiger partial charge on any atom is -0.486 e. The van der Waals surface area contributed by atoms with Crippen molar-refractivity contribution < 1.29 is 23.7 Å². The molecule has 0 aromatic heterocycles. The van der Waals surface area contributed by atoms with Gasteiger partial charge >= 0.3 is 0 Å². The van der Waals surface area contributed by atoms with E-state index in [1.54, 1.807) is 12.1 Å². The third-order valence-electron chi connectivity index (χ3n) is 2.16. The number of ether oxygens (including phenoxy) is 4. The van der Waals surface area contributed by atoms with E-state index >= 15 is 0 Å². The quantitative estimate of drug-likeness (QED) is 0.569. The summed E-state index contributed by atoms with van der Waals surface area (Å²) < 4.78 is 20.8. The molecule has 1 aliphatic heterocycles. The normalized spacial score (nSPS) is 13.3. The van der Waals surface area contributed by atoms with Gasteiger partial charge in [0.15, 0.2) is 24.6 Å². The second-order valence-corrected chi connectivity index (χ2v) is 3.17. The van der Waals surface area contributed by atoms with Crippen molar-refractivity contribution in [2.45, 2.75) is 0 Å². The van der Waals surface area contributed by atoms with E-state index in [9.17, 15) is 4.79 Å². The van der Waals surface area contributed by atoms with Gasteiger partial charge in [0.05, 0.1) is 0 Å². The van der Waals surface area contributed by atoms with Crippen LogP contribution in [0.25, 0.3) is 0 Å². The van der Waals surface area contributed by atoms with Crippen LogP contribution in [0.4, 0.5) is 0 Å². The van der Waals surface area contributed by atoms with Crippen LogP contribution in [0.2, 0.25) is 0 Å². The Kier molecular flexibility index (Phi) is 3.26. The van der Waals surface area contributed by atoms with Crippen LogP contribution < -0.4 is 14.2 Å². The van der Waals surface area contributed by atoms with Gasteiger partial charge in [-0.2, -0.15) is 0 Å². The Balaban J connectivity index is 2.35. The van der Waals surface area contributed by atoms with Crippen molar-refractivity contribution in [1.82, 2.24) is 0 Å². The summed E-state index contributed by atoms with van der Waals surface area (Å²) in [6.45, 7) is 1.01. The molecule has 86 valence electrons. The molecule has 0 amide bonds. The Morgan fingerprint density at radius 2 is 2.19 bits per heavy atom. The molecule has 0 unspecified atom stereocenters. The Morgan fingerprint density at radius 3 is 2.94 bits per heavy atom. The monoisotopic (exact) mass is 224 g/mol. The summed E-state index contributed by atoms with van der Waals surface area (Å²) in [7, 11) is 1.51. The lowest BCUT2D eigenvalue weighted by molar-refractivity contribution is 0.0499. The molecule has 0 aliphatic carbocycles. The molecule has 0 saturated carbocycles. The first kappa shape index (κ1) is 10.8. The lowest BCUT2D eigenvalue weighted by Gasteiger charge is -2.20.